The molecule has 3 rings (SSSR count). The summed E-state index contributed by atoms with van der Waals surface area (Å²) < 4.78 is 0. The first-order chi connectivity index (χ1) is 12.8. The Morgan fingerprint density at radius 1 is 1.22 bits per heavy atom. The summed E-state index contributed by atoms with van der Waals surface area (Å²) in [7, 11) is 0. The van der Waals surface area contributed by atoms with E-state index in [1.807, 2.05) is 31.4 Å². The Kier molecular flexibility index (Phi) is 5.09. The molecule has 0 saturated heterocycles. The van der Waals surface area contributed by atoms with Crippen LogP contribution in [0.4, 0.5) is 5.82 Å². The molecule has 0 spiro atoms. The summed E-state index contributed by atoms with van der Waals surface area (Å²) in [5.74, 6) is -0.958. The molecule has 0 radical (unpaired) electrons. The van der Waals surface area contributed by atoms with E-state index >= 15 is 0 Å². The molecule has 1 unspecified atom stereocenters. The average molecular weight is 384 g/mol. The van der Waals surface area contributed by atoms with Gasteiger partial charge < -0.3 is 16.2 Å². The number of benzene rings is 1. The van der Waals surface area contributed by atoms with Crippen LogP contribution in [-0.2, 0) is 9.59 Å². The average Bonchev–Trinajstić information content (AvgIpc) is 3.00. The second-order valence-electron chi connectivity index (χ2n) is 6.45. The first kappa shape index (κ1) is 18.8. The molecule has 2 heterocycles. The fourth-order valence-electron chi connectivity index (χ4n) is 2.84. The number of hydrogen-bond donors (Lipinski definition) is 3. The molecule has 1 aromatic carbocycles. The van der Waals surface area contributed by atoms with Gasteiger partial charge in [-0.05, 0) is 37.5 Å². The standard InChI is InChI=1S/C19H20N4O3S/c1-9-4-5-12(6-10(9)2)13-8-27-18-16(13)17(21-11(3)22-18)23-14(19(25)26)7-15(20)24/h4-6,8,14H,7H2,1-3H3,(H2,20,24)(H,25,26)(H,21,22,23). The molecule has 7 nitrogen and oxygen atoms in total. The quantitative estimate of drug-likeness (QED) is 0.601. The van der Waals surface area contributed by atoms with Gasteiger partial charge in [0.05, 0.1) is 11.8 Å². The van der Waals surface area contributed by atoms with Crippen LogP contribution in [-0.4, -0.2) is 33.0 Å². The van der Waals surface area contributed by atoms with E-state index in [0.29, 0.717) is 11.6 Å². The van der Waals surface area contributed by atoms with E-state index < -0.39 is 17.9 Å². The number of anilines is 1. The van der Waals surface area contributed by atoms with Gasteiger partial charge in [0, 0.05) is 10.9 Å². The zero-order valence-electron chi connectivity index (χ0n) is 15.2. The van der Waals surface area contributed by atoms with Gasteiger partial charge in [0.15, 0.2) is 0 Å². The molecule has 1 atom stereocenters. The minimum atomic E-state index is -1.17. The van der Waals surface area contributed by atoms with Crippen molar-refractivity contribution in [2.45, 2.75) is 33.2 Å². The summed E-state index contributed by atoms with van der Waals surface area (Å²) in [4.78, 5) is 32.4. The first-order valence-electron chi connectivity index (χ1n) is 8.37. The number of primary amides is 1. The lowest BCUT2D eigenvalue weighted by atomic mass is 10.0. The molecule has 27 heavy (non-hydrogen) atoms. The normalized spacial score (nSPS) is 12.1. The van der Waals surface area contributed by atoms with Crippen molar-refractivity contribution >= 4 is 39.2 Å². The Balaban J connectivity index is 2.14. The van der Waals surface area contributed by atoms with Crippen LogP contribution in [0.5, 0.6) is 0 Å². The predicted octanol–water partition coefficient (Wildman–Crippen LogP) is 3.02. The lowest BCUT2D eigenvalue weighted by Gasteiger charge is -2.15. The van der Waals surface area contributed by atoms with E-state index in [2.05, 4.69) is 21.4 Å². The van der Waals surface area contributed by atoms with Crippen molar-refractivity contribution in [3.63, 3.8) is 0 Å². The number of carbonyl (C=O) groups excluding carboxylic acids is 1. The van der Waals surface area contributed by atoms with Gasteiger partial charge in [0.2, 0.25) is 5.91 Å². The third-order valence-electron chi connectivity index (χ3n) is 4.38. The van der Waals surface area contributed by atoms with Gasteiger partial charge in [0.1, 0.15) is 22.5 Å². The maximum Gasteiger partial charge on any atom is 0.326 e. The van der Waals surface area contributed by atoms with Crippen LogP contribution in [0.2, 0.25) is 0 Å². The van der Waals surface area contributed by atoms with Crippen LogP contribution in [0.3, 0.4) is 0 Å². The molecule has 0 aliphatic heterocycles. The number of carbonyl (C=O) groups is 2. The van der Waals surface area contributed by atoms with Crippen molar-refractivity contribution in [1.29, 1.82) is 0 Å². The number of rotatable bonds is 6. The molecule has 0 fully saturated rings. The number of amides is 1. The Bertz CT molecular complexity index is 1040. The Labute approximate surface area is 160 Å². The summed E-state index contributed by atoms with van der Waals surface area (Å²) in [5, 5.41) is 15.0. The zero-order valence-corrected chi connectivity index (χ0v) is 16.1. The minimum absolute atomic E-state index is 0.330. The minimum Gasteiger partial charge on any atom is -0.480 e. The molecule has 140 valence electrons. The summed E-state index contributed by atoms with van der Waals surface area (Å²) in [6.07, 6.45) is -0.330. The highest BCUT2D eigenvalue weighted by molar-refractivity contribution is 7.17. The number of aromatic nitrogens is 2. The molecular weight excluding hydrogens is 364 g/mol. The molecule has 2 aromatic heterocycles. The highest BCUT2D eigenvalue weighted by Crippen LogP contribution is 2.37. The monoisotopic (exact) mass is 384 g/mol. The topological polar surface area (TPSA) is 118 Å². The second kappa shape index (κ2) is 7.32. The number of hydrogen-bond acceptors (Lipinski definition) is 6. The van der Waals surface area contributed by atoms with E-state index in [-0.39, 0.29) is 6.42 Å². The Morgan fingerprint density at radius 3 is 2.59 bits per heavy atom. The number of aliphatic carboxylic acids is 1. The van der Waals surface area contributed by atoms with Gasteiger partial charge in [-0.3, -0.25) is 4.79 Å². The van der Waals surface area contributed by atoms with Crippen LogP contribution < -0.4 is 11.1 Å². The van der Waals surface area contributed by atoms with Gasteiger partial charge in [-0.15, -0.1) is 11.3 Å². The van der Waals surface area contributed by atoms with Crippen molar-refractivity contribution in [3.05, 3.63) is 40.5 Å². The number of thiophene rings is 1. The zero-order chi connectivity index (χ0) is 19.7. The predicted molar refractivity (Wildman–Crippen MR) is 106 cm³/mol. The fourth-order valence-corrected chi connectivity index (χ4v) is 3.83. The third kappa shape index (κ3) is 3.90. The summed E-state index contributed by atoms with van der Waals surface area (Å²) >= 11 is 1.47. The molecular formula is C19H20N4O3S. The molecule has 0 aliphatic rings. The lowest BCUT2D eigenvalue weighted by molar-refractivity contribution is -0.139. The number of carboxylic acid groups (broad SMARTS) is 1. The number of nitrogens with two attached hydrogens (primary N) is 1. The number of carboxylic acids is 1. The molecule has 3 aromatic rings. The highest BCUT2D eigenvalue weighted by Gasteiger charge is 2.23. The van der Waals surface area contributed by atoms with Crippen LogP contribution in [0.1, 0.15) is 23.4 Å². The third-order valence-corrected chi connectivity index (χ3v) is 5.25. The largest absolute Gasteiger partial charge is 0.480 e. The molecule has 8 heteroatoms. The molecule has 0 bridgehead atoms. The van der Waals surface area contributed by atoms with Gasteiger partial charge >= 0.3 is 5.97 Å². The maximum absolute atomic E-state index is 11.5. The number of nitrogens with zero attached hydrogens (tertiary/aromatic N) is 2. The number of fused-ring (bicyclic) bond motifs is 1. The highest BCUT2D eigenvalue weighted by atomic mass is 32.1. The van der Waals surface area contributed by atoms with Crippen molar-refractivity contribution in [2.24, 2.45) is 5.73 Å². The maximum atomic E-state index is 11.5. The SMILES string of the molecule is Cc1nc(NC(CC(N)=O)C(=O)O)c2c(-c3ccc(C)c(C)c3)csc2n1. The van der Waals surface area contributed by atoms with Gasteiger partial charge in [-0.25, -0.2) is 14.8 Å². The molecule has 4 N–H and O–H groups in total. The van der Waals surface area contributed by atoms with Crippen LogP contribution in [0, 0.1) is 20.8 Å². The van der Waals surface area contributed by atoms with Crippen LogP contribution in [0.15, 0.2) is 23.6 Å². The number of nitrogens with one attached hydrogen (secondary N) is 1. The Morgan fingerprint density at radius 2 is 1.96 bits per heavy atom. The van der Waals surface area contributed by atoms with Gasteiger partial charge in [-0.2, -0.15) is 0 Å². The number of aryl methyl sites for hydroxylation is 3. The second-order valence-corrected chi connectivity index (χ2v) is 7.31. The van der Waals surface area contributed by atoms with E-state index in [0.717, 1.165) is 26.9 Å². The summed E-state index contributed by atoms with van der Waals surface area (Å²) in [5.41, 5.74) is 9.46. The fraction of sp³-hybridized carbons (Fsp3) is 0.263. The van der Waals surface area contributed by atoms with Gasteiger partial charge in [-0.1, -0.05) is 18.2 Å². The molecule has 0 saturated carbocycles. The lowest BCUT2D eigenvalue weighted by Crippen LogP contribution is -2.34. The van der Waals surface area contributed by atoms with E-state index in [1.54, 1.807) is 6.92 Å². The Hall–Kier alpha value is -3.00. The van der Waals surface area contributed by atoms with Crippen LogP contribution >= 0.6 is 11.3 Å². The van der Waals surface area contributed by atoms with E-state index in [1.165, 1.54) is 16.9 Å². The van der Waals surface area contributed by atoms with Crippen molar-refractivity contribution in [1.82, 2.24) is 9.97 Å². The van der Waals surface area contributed by atoms with Gasteiger partial charge in [0.25, 0.3) is 0 Å². The smallest absolute Gasteiger partial charge is 0.326 e. The summed E-state index contributed by atoms with van der Waals surface area (Å²) in [6, 6.07) is 4.99. The van der Waals surface area contributed by atoms with Crippen LogP contribution in [0.25, 0.3) is 21.3 Å². The van der Waals surface area contributed by atoms with E-state index in [4.69, 9.17) is 5.73 Å². The summed E-state index contributed by atoms with van der Waals surface area (Å²) in [6.45, 7) is 5.83. The van der Waals surface area contributed by atoms with Crippen molar-refractivity contribution < 1.29 is 14.7 Å². The van der Waals surface area contributed by atoms with Crippen molar-refractivity contribution in [2.75, 3.05) is 5.32 Å². The molecule has 1 amide bonds. The molecule has 0 aliphatic carbocycles. The first-order valence-corrected chi connectivity index (χ1v) is 9.25. The van der Waals surface area contributed by atoms with Crippen molar-refractivity contribution in [3.8, 4) is 11.1 Å². The van der Waals surface area contributed by atoms with E-state index in [9.17, 15) is 14.7 Å².